The Labute approximate surface area is 240 Å². The number of ether oxygens (including phenoxy) is 1. The van der Waals surface area contributed by atoms with Gasteiger partial charge in [0.2, 0.25) is 0 Å². The van der Waals surface area contributed by atoms with Gasteiger partial charge in [-0.2, -0.15) is 21.6 Å². The number of alkyl halides is 3. The van der Waals surface area contributed by atoms with Crippen LogP contribution >= 0.6 is 0 Å². The molecule has 0 radical (unpaired) electrons. The van der Waals surface area contributed by atoms with Crippen molar-refractivity contribution in [3.63, 3.8) is 0 Å². The lowest BCUT2D eigenvalue weighted by Crippen LogP contribution is -2.14. The van der Waals surface area contributed by atoms with Gasteiger partial charge < -0.3 is 4.74 Å². The molecule has 1 N–H and O–H groups in total. The first-order chi connectivity index (χ1) is 18.9. The molecule has 0 spiro atoms. The van der Waals surface area contributed by atoms with Crippen LogP contribution in [-0.2, 0) is 15.5 Å². The SMILES string of the molecule is Cc1cc(O[C@H](CCC(F)(F)F)c2ccc(C(=O)CCCS(=O)(=O)O)cc2)cc(C)c1-c1ccc(C(C)(C)C)cc1. The average Bonchev–Trinajstić information content (AvgIpc) is 2.84. The van der Waals surface area contributed by atoms with E-state index in [9.17, 15) is 26.4 Å². The quantitative estimate of drug-likeness (QED) is 0.179. The molecular formula is C32H37F3O5S. The number of rotatable bonds is 11. The van der Waals surface area contributed by atoms with Crippen LogP contribution in [0.1, 0.15) is 85.2 Å². The molecule has 9 heteroatoms. The molecule has 5 nitrogen and oxygen atoms in total. The van der Waals surface area contributed by atoms with Crippen LogP contribution in [-0.4, -0.2) is 30.7 Å². The van der Waals surface area contributed by atoms with Gasteiger partial charge in [0, 0.05) is 18.4 Å². The molecule has 3 aromatic rings. The number of aryl methyl sites for hydroxylation is 2. The van der Waals surface area contributed by atoms with Gasteiger partial charge in [-0.1, -0.05) is 69.3 Å². The van der Waals surface area contributed by atoms with Crippen LogP contribution in [0.15, 0.2) is 60.7 Å². The molecule has 0 saturated heterocycles. The Morgan fingerprint density at radius 3 is 1.98 bits per heavy atom. The lowest BCUT2D eigenvalue weighted by molar-refractivity contribution is -0.139. The number of carbonyl (C=O) groups excluding carboxylic acids is 1. The van der Waals surface area contributed by atoms with E-state index in [0.717, 1.165) is 22.3 Å². The van der Waals surface area contributed by atoms with Crippen molar-refractivity contribution in [2.75, 3.05) is 5.75 Å². The second kappa shape index (κ2) is 12.8. The van der Waals surface area contributed by atoms with Crippen molar-refractivity contribution in [2.45, 2.75) is 78.0 Å². The van der Waals surface area contributed by atoms with Crippen LogP contribution in [0.3, 0.4) is 0 Å². The summed E-state index contributed by atoms with van der Waals surface area (Å²) in [6.07, 6.45) is -6.73. The van der Waals surface area contributed by atoms with Crippen molar-refractivity contribution in [3.8, 4) is 16.9 Å². The van der Waals surface area contributed by atoms with Gasteiger partial charge in [0.1, 0.15) is 11.9 Å². The third-order valence-corrected chi connectivity index (χ3v) is 7.73. The molecule has 0 unspecified atom stereocenters. The first-order valence-electron chi connectivity index (χ1n) is 13.5. The van der Waals surface area contributed by atoms with E-state index in [1.165, 1.54) is 17.7 Å². The highest BCUT2D eigenvalue weighted by Gasteiger charge is 2.30. The number of benzene rings is 3. The summed E-state index contributed by atoms with van der Waals surface area (Å²) in [6, 6.07) is 18.1. The summed E-state index contributed by atoms with van der Waals surface area (Å²) >= 11 is 0. The van der Waals surface area contributed by atoms with E-state index in [-0.39, 0.29) is 30.5 Å². The maximum Gasteiger partial charge on any atom is 0.389 e. The highest BCUT2D eigenvalue weighted by atomic mass is 32.2. The lowest BCUT2D eigenvalue weighted by Gasteiger charge is -2.23. The number of hydrogen-bond donors (Lipinski definition) is 1. The van der Waals surface area contributed by atoms with E-state index in [0.29, 0.717) is 16.9 Å². The monoisotopic (exact) mass is 590 g/mol. The Morgan fingerprint density at radius 1 is 0.927 bits per heavy atom. The number of carbonyl (C=O) groups is 1. The number of Topliss-reactive ketones (excluding diaryl/α,β-unsaturated/α-hetero) is 1. The molecule has 0 aliphatic carbocycles. The van der Waals surface area contributed by atoms with Crippen LogP contribution in [0, 0.1) is 13.8 Å². The fourth-order valence-corrected chi connectivity index (χ4v) is 5.29. The van der Waals surface area contributed by atoms with Crippen LogP contribution in [0.4, 0.5) is 13.2 Å². The van der Waals surface area contributed by atoms with Crippen molar-refractivity contribution < 1.29 is 35.7 Å². The Bertz CT molecular complexity index is 1430. The molecule has 0 bridgehead atoms. The van der Waals surface area contributed by atoms with Gasteiger partial charge in [0.15, 0.2) is 5.78 Å². The summed E-state index contributed by atoms with van der Waals surface area (Å²) in [5, 5.41) is 0. The number of halogens is 3. The summed E-state index contributed by atoms with van der Waals surface area (Å²) in [5.74, 6) is -0.401. The molecular weight excluding hydrogens is 553 g/mol. The van der Waals surface area contributed by atoms with Crippen molar-refractivity contribution in [3.05, 3.63) is 88.5 Å². The normalized spacial score (nSPS) is 13.2. The maximum absolute atomic E-state index is 13.2. The van der Waals surface area contributed by atoms with Gasteiger partial charge >= 0.3 is 6.18 Å². The summed E-state index contributed by atoms with van der Waals surface area (Å²) in [7, 11) is -4.16. The average molecular weight is 591 g/mol. The molecule has 0 heterocycles. The standard InChI is InChI=1S/C32H37F3O5S/c1-21-19-27(20-22(2)30(21)25-12-14-26(15-13-25)31(3,4)5)40-29(16-17-32(33,34)35)24-10-8-23(9-11-24)28(36)7-6-18-41(37,38)39/h8-15,19-20,29H,6-7,16-18H2,1-5H3,(H,37,38,39)/t29-/m1/s1. The number of ketones is 1. The molecule has 3 rings (SSSR count). The second-order valence-electron chi connectivity index (χ2n) is 11.5. The van der Waals surface area contributed by atoms with Crippen molar-refractivity contribution in [1.82, 2.24) is 0 Å². The smallest absolute Gasteiger partial charge is 0.389 e. The van der Waals surface area contributed by atoms with E-state index in [1.807, 2.05) is 26.0 Å². The fraction of sp³-hybridized carbons (Fsp3) is 0.406. The first-order valence-corrected chi connectivity index (χ1v) is 15.1. The molecule has 0 amide bonds. The van der Waals surface area contributed by atoms with Crippen molar-refractivity contribution >= 4 is 15.9 Å². The Morgan fingerprint density at radius 2 is 1.49 bits per heavy atom. The predicted octanol–water partition coefficient (Wildman–Crippen LogP) is 8.58. The summed E-state index contributed by atoms with van der Waals surface area (Å²) in [5.41, 5.74) is 5.99. The molecule has 222 valence electrons. The van der Waals surface area contributed by atoms with Crippen LogP contribution in [0.25, 0.3) is 11.1 Å². The highest BCUT2D eigenvalue weighted by Crippen LogP contribution is 2.36. The molecule has 0 aliphatic rings. The van der Waals surface area contributed by atoms with Crippen LogP contribution < -0.4 is 4.74 Å². The molecule has 3 aromatic carbocycles. The molecule has 1 atom stereocenters. The van der Waals surface area contributed by atoms with Crippen molar-refractivity contribution in [2.24, 2.45) is 0 Å². The van der Waals surface area contributed by atoms with E-state index >= 15 is 0 Å². The first kappa shape index (κ1) is 32.3. The molecule has 0 fully saturated rings. The van der Waals surface area contributed by atoms with Gasteiger partial charge in [0.05, 0.1) is 5.75 Å². The zero-order valence-electron chi connectivity index (χ0n) is 24.0. The number of hydrogen-bond acceptors (Lipinski definition) is 4. The minimum Gasteiger partial charge on any atom is -0.486 e. The van der Waals surface area contributed by atoms with Gasteiger partial charge in [-0.05, 0) is 77.6 Å². The zero-order valence-corrected chi connectivity index (χ0v) is 24.8. The van der Waals surface area contributed by atoms with Crippen LogP contribution in [0.2, 0.25) is 0 Å². The molecule has 0 aliphatic heterocycles. The summed E-state index contributed by atoms with van der Waals surface area (Å²) < 4.78 is 76.2. The van der Waals surface area contributed by atoms with E-state index in [2.05, 4.69) is 45.0 Å². The Kier molecular flexibility index (Phi) is 10.1. The topological polar surface area (TPSA) is 80.7 Å². The fourth-order valence-electron chi connectivity index (χ4n) is 4.78. The van der Waals surface area contributed by atoms with Gasteiger partial charge in [0.25, 0.3) is 10.1 Å². The predicted molar refractivity (Wildman–Crippen MR) is 155 cm³/mol. The van der Waals surface area contributed by atoms with Crippen molar-refractivity contribution in [1.29, 1.82) is 0 Å². The lowest BCUT2D eigenvalue weighted by atomic mass is 9.85. The van der Waals surface area contributed by atoms with Gasteiger partial charge in [-0.3, -0.25) is 9.35 Å². The minimum atomic E-state index is -4.36. The second-order valence-corrected chi connectivity index (χ2v) is 13.0. The minimum absolute atomic E-state index is 0.0281. The largest absolute Gasteiger partial charge is 0.486 e. The Hall–Kier alpha value is -3.17. The van der Waals surface area contributed by atoms with E-state index in [1.54, 1.807) is 12.1 Å². The third-order valence-electron chi connectivity index (χ3n) is 6.92. The van der Waals surface area contributed by atoms with Gasteiger partial charge in [-0.15, -0.1) is 0 Å². The summed E-state index contributed by atoms with van der Waals surface area (Å²) in [4.78, 5) is 12.4. The van der Waals surface area contributed by atoms with E-state index in [4.69, 9.17) is 9.29 Å². The maximum atomic E-state index is 13.2. The Balaban J connectivity index is 1.83. The zero-order chi connectivity index (χ0) is 30.6. The molecule has 0 aromatic heterocycles. The molecule has 41 heavy (non-hydrogen) atoms. The summed E-state index contributed by atoms with van der Waals surface area (Å²) in [6.45, 7) is 10.3. The molecule has 0 saturated carbocycles. The van der Waals surface area contributed by atoms with Crippen LogP contribution in [0.5, 0.6) is 5.75 Å². The highest BCUT2D eigenvalue weighted by molar-refractivity contribution is 7.85. The van der Waals surface area contributed by atoms with E-state index < -0.39 is 34.6 Å². The van der Waals surface area contributed by atoms with Gasteiger partial charge in [-0.25, -0.2) is 0 Å². The third kappa shape index (κ3) is 9.71.